The van der Waals surface area contributed by atoms with Crippen molar-refractivity contribution in [1.82, 2.24) is 5.32 Å². The summed E-state index contributed by atoms with van der Waals surface area (Å²) < 4.78 is 5.50. The quantitative estimate of drug-likeness (QED) is 0.0320. The Balaban J connectivity index is 3.34. The molecule has 0 fully saturated rings. The number of aliphatic hydroxyl groups is 2. The van der Waals surface area contributed by atoms with Gasteiger partial charge in [-0.05, 0) is 51.4 Å². The van der Waals surface area contributed by atoms with Crippen molar-refractivity contribution in [2.45, 2.75) is 398 Å². The van der Waals surface area contributed by atoms with Crippen molar-refractivity contribution < 1.29 is 24.5 Å². The van der Waals surface area contributed by atoms with Gasteiger partial charge >= 0.3 is 5.97 Å². The number of aliphatic hydroxyl groups excluding tert-OH is 2. The molecule has 2 unspecified atom stereocenters. The third kappa shape index (κ3) is 59.8. The Hall–Kier alpha value is -1.40. The zero-order valence-electron chi connectivity index (χ0n) is 50.4. The van der Waals surface area contributed by atoms with Crippen molar-refractivity contribution in [3.8, 4) is 0 Å². The zero-order chi connectivity index (χ0) is 53.6. The lowest BCUT2D eigenvalue weighted by Gasteiger charge is -2.22. The monoisotopic (exact) mass is 1040 g/mol. The van der Waals surface area contributed by atoms with Gasteiger partial charge in [0.1, 0.15) is 0 Å². The molecule has 0 saturated heterocycles. The average molecular weight is 1040 g/mol. The fraction of sp³-hybridized carbons (Fsp3) is 0.941. The van der Waals surface area contributed by atoms with Gasteiger partial charge in [0.25, 0.3) is 0 Å². The molecular formula is C68H133NO5. The summed E-state index contributed by atoms with van der Waals surface area (Å²) in [5.74, 6) is -0.0127. The highest BCUT2D eigenvalue weighted by Crippen LogP contribution is 2.19. The number of carbonyl (C=O) groups is 2. The second-order valence-corrected chi connectivity index (χ2v) is 23.5. The lowest BCUT2D eigenvalue weighted by atomic mass is 10.0. The number of amides is 1. The summed E-state index contributed by atoms with van der Waals surface area (Å²) in [4.78, 5) is 24.6. The van der Waals surface area contributed by atoms with Crippen LogP contribution >= 0.6 is 0 Å². The first-order chi connectivity index (χ1) is 36.5. The number of nitrogens with one attached hydrogen (secondary N) is 1. The number of carbonyl (C=O) groups excluding carboxylic acids is 2. The van der Waals surface area contributed by atoms with E-state index in [0.29, 0.717) is 25.9 Å². The van der Waals surface area contributed by atoms with Crippen molar-refractivity contribution in [3.05, 3.63) is 12.2 Å². The molecule has 0 aliphatic carbocycles. The number of hydrogen-bond donors (Lipinski definition) is 3. The molecule has 440 valence electrons. The highest BCUT2D eigenvalue weighted by atomic mass is 16.5. The Morgan fingerprint density at radius 3 is 0.959 bits per heavy atom. The fourth-order valence-corrected chi connectivity index (χ4v) is 10.9. The van der Waals surface area contributed by atoms with E-state index in [1.54, 1.807) is 0 Å². The number of allylic oxidation sites excluding steroid dienone is 2. The smallest absolute Gasteiger partial charge is 0.305 e. The van der Waals surface area contributed by atoms with Crippen molar-refractivity contribution >= 4 is 11.9 Å². The maximum absolute atomic E-state index is 12.5. The first-order valence-corrected chi connectivity index (χ1v) is 33.9. The number of ether oxygens (including phenoxy) is 1. The topological polar surface area (TPSA) is 95.9 Å². The fourth-order valence-electron chi connectivity index (χ4n) is 10.9. The van der Waals surface area contributed by atoms with Crippen LogP contribution in [0.5, 0.6) is 0 Å². The number of rotatable bonds is 64. The van der Waals surface area contributed by atoms with E-state index in [2.05, 4.69) is 31.3 Å². The lowest BCUT2D eigenvalue weighted by molar-refractivity contribution is -0.143. The molecule has 0 rings (SSSR count). The second-order valence-electron chi connectivity index (χ2n) is 23.5. The van der Waals surface area contributed by atoms with Crippen molar-refractivity contribution in [2.75, 3.05) is 13.2 Å². The van der Waals surface area contributed by atoms with E-state index in [0.717, 1.165) is 38.5 Å². The maximum atomic E-state index is 12.5. The van der Waals surface area contributed by atoms with Gasteiger partial charge in [-0.2, -0.15) is 0 Å². The average Bonchev–Trinajstić information content (AvgIpc) is 3.40. The normalized spacial score (nSPS) is 12.5. The minimum Gasteiger partial charge on any atom is -0.466 e. The summed E-state index contributed by atoms with van der Waals surface area (Å²) in [6.45, 7) is 4.99. The van der Waals surface area contributed by atoms with Crippen molar-refractivity contribution in [1.29, 1.82) is 0 Å². The molecule has 3 N–H and O–H groups in total. The van der Waals surface area contributed by atoms with Crippen LogP contribution in [0.15, 0.2) is 12.2 Å². The summed E-state index contributed by atoms with van der Waals surface area (Å²) in [5, 5.41) is 23.3. The molecule has 0 bridgehead atoms. The highest BCUT2D eigenvalue weighted by molar-refractivity contribution is 5.76. The van der Waals surface area contributed by atoms with Gasteiger partial charge in [0.05, 0.1) is 25.4 Å². The highest BCUT2D eigenvalue weighted by Gasteiger charge is 2.20. The molecule has 0 aliphatic heterocycles. The van der Waals surface area contributed by atoms with Crippen LogP contribution in [0.2, 0.25) is 0 Å². The van der Waals surface area contributed by atoms with E-state index in [9.17, 15) is 19.8 Å². The van der Waals surface area contributed by atoms with Gasteiger partial charge in [0.2, 0.25) is 5.91 Å². The Labute approximate surface area is 463 Å². The minimum absolute atomic E-state index is 0.0201. The first kappa shape index (κ1) is 72.6. The number of hydrogen-bond acceptors (Lipinski definition) is 5. The van der Waals surface area contributed by atoms with Crippen molar-refractivity contribution in [3.63, 3.8) is 0 Å². The van der Waals surface area contributed by atoms with Crippen LogP contribution in [0.4, 0.5) is 0 Å². The third-order valence-corrected chi connectivity index (χ3v) is 16.1. The van der Waals surface area contributed by atoms with Gasteiger partial charge in [-0.25, -0.2) is 0 Å². The Kier molecular flexibility index (Phi) is 62.9. The first-order valence-electron chi connectivity index (χ1n) is 33.9. The van der Waals surface area contributed by atoms with Gasteiger partial charge in [-0.3, -0.25) is 9.59 Å². The standard InChI is InChI=1S/C68H133NO5/c1-3-5-7-9-11-13-15-17-18-34-38-42-46-50-54-58-62-68(73)74-63-59-55-51-47-43-39-35-32-30-28-26-24-22-20-19-21-23-25-27-29-31-33-37-41-45-49-53-57-61-67(72)69-65(64-70)66(71)60-56-52-48-44-40-36-16-14-12-10-8-6-4-2/h19-20,65-66,70-71H,3-18,21-64H2,1-2H3,(H,69,72)/b20-19-. The molecule has 0 radical (unpaired) electrons. The van der Waals surface area contributed by atoms with E-state index in [4.69, 9.17) is 4.74 Å². The van der Waals surface area contributed by atoms with E-state index in [1.165, 1.54) is 315 Å². The van der Waals surface area contributed by atoms with Crippen LogP contribution in [-0.2, 0) is 14.3 Å². The molecule has 0 heterocycles. The predicted octanol–water partition coefficient (Wildman–Crippen LogP) is 21.6. The molecule has 0 spiro atoms. The van der Waals surface area contributed by atoms with E-state index in [-0.39, 0.29) is 18.5 Å². The number of unbranched alkanes of at least 4 members (excludes halogenated alkanes) is 51. The maximum Gasteiger partial charge on any atom is 0.305 e. The van der Waals surface area contributed by atoms with Gasteiger partial charge in [-0.15, -0.1) is 0 Å². The van der Waals surface area contributed by atoms with E-state index < -0.39 is 12.1 Å². The molecule has 0 aliphatic rings. The van der Waals surface area contributed by atoms with Crippen LogP contribution < -0.4 is 5.32 Å². The molecule has 6 nitrogen and oxygen atoms in total. The van der Waals surface area contributed by atoms with Gasteiger partial charge in [0.15, 0.2) is 0 Å². The zero-order valence-corrected chi connectivity index (χ0v) is 50.4. The molecule has 6 heteroatoms. The Morgan fingerprint density at radius 1 is 0.365 bits per heavy atom. The third-order valence-electron chi connectivity index (χ3n) is 16.1. The van der Waals surface area contributed by atoms with Crippen LogP contribution in [-0.4, -0.2) is 47.4 Å². The van der Waals surface area contributed by atoms with Crippen molar-refractivity contribution in [2.24, 2.45) is 0 Å². The molecular weight excluding hydrogens is 911 g/mol. The predicted molar refractivity (Wildman–Crippen MR) is 324 cm³/mol. The van der Waals surface area contributed by atoms with Crippen LogP contribution in [0, 0.1) is 0 Å². The largest absolute Gasteiger partial charge is 0.466 e. The SMILES string of the molecule is CCCCCCCCCCCCCCCCCCC(=O)OCCCCCCCCCCCCCC/C=C\CCCCCCCCCCCCCCC(=O)NC(CO)C(O)CCCCCCCCCCCCCCC. The number of esters is 1. The lowest BCUT2D eigenvalue weighted by Crippen LogP contribution is -2.45. The molecule has 0 aromatic heterocycles. The molecule has 0 aromatic rings. The Morgan fingerprint density at radius 2 is 0.635 bits per heavy atom. The summed E-state index contributed by atoms with van der Waals surface area (Å²) in [6.07, 6.45) is 78.2. The van der Waals surface area contributed by atoms with Crippen LogP contribution in [0.1, 0.15) is 386 Å². The summed E-state index contributed by atoms with van der Waals surface area (Å²) in [6, 6.07) is -0.540. The molecule has 0 aromatic carbocycles. The van der Waals surface area contributed by atoms with E-state index in [1.807, 2.05) is 0 Å². The van der Waals surface area contributed by atoms with Crippen LogP contribution in [0.25, 0.3) is 0 Å². The minimum atomic E-state index is -0.663. The molecule has 1 amide bonds. The molecule has 2 atom stereocenters. The van der Waals surface area contributed by atoms with Gasteiger partial charge in [-0.1, -0.05) is 334 Å². The Bertz CT molecular complexity index is 1110. The summed E-state index contributed by atoms with van der Waals surface area (Å²) in [7, 11) is 0. The summed E-state index contributed by atoms with van der Waals surface area (Å²) in [5.41, 5.74) is 0. The molecule has 0 saturated carbocycles. The van der Waals surface area contributed by atoms with Gasteiger partial charge in [0, 0.05) is 12.8 Å². The second kappa shape index (κ2) is 64.1. The molecule has 74 heavy (non-hydrogen) atoms. The summed E-state index contributed by atoms with van der Waals surface area (Å²) >= 11 is 0. The van der Waals surface area contributed by atoms with Crippen LogP contribution in [0.3, 0.4) is 0 Å². The van der Waals surface area contributed by atoms with E-state index >= 15 is 0 Å². The van der Waals surface area contributed by atoms with Gasteiger partial charge < -0.3 is 20.3 Å².